The molecule has 2 unspecified atom stereocenters. The van der Waals surface area contributed by atoms with Crippen LogP contribution in [-0.4, -0.2) is 24.2 Å². The molecule has 0 saturated heterocycles. The van der Waals surface area contributed by atoms with Crippen LogP contribution in [0.2, 0.25) is 0 Å². The molecule has 2 aliphatic carbocycles. The molecule has 6 nitrogen and oxygen atoms in total. The van der Waals surface area contributed by atoms with Crippen LogP contribution in [0.25, 0.3) is 0 Å². The second kappa shape index (κ2) is 5.18. The molecule has 0 aliphatic heterocycles. The van der Waals surface area contributed by atoms with Gasteiger partial charge in [0.05, 0.1) is 18.1 Å². The molecule has 1 spiro atoms. The highest BCUT2D eigenvalue weighted by atomic mass is 16.6. The van der Waals surface area contributed by atoms with Crippen LogP contribution in [0.3, 0.4) is 0 Å². The lowest BCUT2D eigenvalue weighted by Crippen LogP contribution is -2.62. The first-order valence-electron chi connectivity index (χ1n) is 7.31. The van der Waals surface area contributed by atoms with Gasteiger partial charge in [-0.15, -0.1) is 0 Å². The van der Waals surface area contributed by atoms with E-state index >= 15 is 0 Å². The molecule has 114 valence electrons. The van der Waals surface area contributed by atoms with Gasteiger partial charge in [0.2, 0.25) is 0 Å². The smallest absolute Gasteiger partial charge is 0.273 e. The fraction of sp³-hybridized carbons (Fsp3) is 0.600. The van der Waals surface area contributed by atoms with Gasteiger partial charge in [0.1, 0.15) is 6.10 Å². The van der Waals surface area contributed by atoms with E-state index in [4.69, 9.17) is 15.2 Å². The Balaban J connectivity index is 1.84. The number of nitrogens with two attached hydrogens (primary N) is 1. The molecule has 0 radical (unpaired) electrons. The van der Waals surface area contributed by atoms with Gasteiger partial charge in [-0.25, -0.2) is 0 Å². The van der Waals surface area contributed by atoms with Crippen molar-refractivity contribution in [2.24, 2.45) is 11.1 Å². The normalized spacial score (nSPS) is 26.4. The highest BCUT2D eigenvalue weighted by molar-refractivity contribution is 5.48. The minimum atomic E-state index is -0.426. The topological polar surface area (TPSA) is 87.6 Å². The number of nitro benzene ring substituents is 1. The van der Waals surface area contributed by atoms with Crippen LogP contribution in [-0.2, 0) is 0 Å². The summed E-state index contributed by atoms with van der Waals surface area (Å²) in [5, 5.41) is 10.9. The summed E-state index contributed by atoms with van der Waals surface area (Å²) in [5.74, 6) is 0.962. The summed E-state index contributed by atoms with van der Waals surface area (Å²) in [5.41, 5.74) is 6.25. The van der Waals surface area contributed by atoms with Crippen LogP contribution < -0.4 is 15.2 Å². The predicted octanol–water partition coefficient (Wildman–Crippen LogP) is 2.64. The van der Waals surface area contributed by atoms with E-state index < -0.39 is 4.92 Å². The maximum absolute atomic E-state index is 10.9. The van der Waals surface area contributed by atoms with E-state index in [0.29, 0.717) is 11.5 Å². The fourth-order valence-corrected chi connectivity index (χ4v) is 3.69. The third-order valence-electron chi connectivity index (χ3n) is 5.01. The van der Waals surface area contributed by atoms with Crippen molar-refractivity contribution >= 4 is 5.69 Å². The summed E-state index contributed by atoms with van der Waals surface area (Å²) in [6.45, 7) is 0. The zero-order valence-corrected chi connectivity index (χ0v) is 12.1. The van der Waals surface area contributed by atoms with Crippen LogP contribution in [0, 0.1) is 15.5 Å². The Morgan fingerprint density at radius 3 is 2.62 bits per heavy atom. The van der Waals surface area contributed by atoms with E-state index in [9.17, 15) is 10.1 Å². The van der Waals surface area contributed by atoms with Crippen molar-refractivity contribution in [1.82, 2.24) is 0 Å². The molecule has 3 rings (SSSR count). The van der Waals surface area contributed by atoms with Crippen LogP contribution in [0.1, 0.15) is 32.1 Å². The van der Waals surface area contributed by atoms with E-state index in [2.05, 4.69) is 0 Å². The third-order valence-corrected chi connectivity index (χ3v) is 5.01. The number of ether oxygens (including phenoxy) is 2. The number of benzene rings is 1. The molecule has 21 heavy (non-hydrogen) atoms. The lowest BCUT2D eigenvalue weighted by molar-refractivity contribution is -0.385. The van der Waals surface area contributed by atoms with Gasteiger partial charge in [-0.05, 0) is 18.9 Å². The molecule has 2 atom stereocenters. The number of nitro groups is 1. The Kier molecular flexibility index (Phi) is 3.49. The Morgan fingerprint density at radius 2 is 2.05 bits per heavy atom. The summed E-state index contributed by atoms with van der Waals surface area (Å²) in [4.78, 5) is 10.5. The first-order chi connectivity index (χ1) is 10.1. The molecule has 6 heteroatoms. The molecule has 2 fully saturated rings. The minimum Gasteiger partial charge on any atom is -0.493 e. The Labute approximate surface area is 123 Å². The molecule has 2 aliphatic rings. The van der Waals surface area contributed by atoms with Crippen LogP contribution >= 0.6 is 0 Å². The zero-order chi connectivity index (χ0) is 15.0. The number of hydrogen-bond donors (Lipinski definition) is 1. The summed E-state index contributed by atoms with van der Waals surface area (Å²) in [6.07, 6.45) is 5.35. The second-order valence-corrected chi connectivity index (χ2v) is 5.98. The number of hydrogen-bond acceptors (Lipinski definition) is 5. The summed E-state index contributed by atoms with van der Waals surface area (Å²) >= 11 is 0. The molecule has 1 aromatic carbocycles. The van der Waals surface area contributed by atoms with Crippen molar-refractivity contribution in [1.29, 1.82) is 0 Å². The maximum Gasteiger partial charge on any atom is 0.273 e. The number of methoxy groups -OCH3 is 1. The van der Waals surface area contributed by atoms with Gasteiger partial charge in [0, 0.05) is 23.9 Å². The first-order valence-corrected chi connectivity index (χ1v) is 7.31. The molecular formula is C15H20N2O4. The molecule has 2 saturated carbocycles. The van der Waals surface area contributed by atoms with Gasteiger partial charge in [0.25, 0.3) is 5.69 Å². The molecule has 0 heterocycles. The second-order valence-electron chi connectivity index (χ2n) is 5.98. The Hall–Kier alpha value is -1.82. The molecule has 1 aromatic rings. The van der Waals surface area contributed by atoms with Gasteiger partial charge in [0.15, 0.2) is 11.5 Å². The zero-order valence-electron chi connectivity index (χ0n) is 12.1. The number of nitrogens with zero attached hydrogens (tertiary/aromatic N) is 1. The summed E-state index contributed by atoms with van der Waals surface area (Å²) < 4.78 is 11.3. The molecule has 2 N–H and O–H groups in total. The van der Waals surface area contributed by atoms with Gasteiger partial charge >= 0.3 is 0 Å². The molecule has 0 aromatic heterocycles. The predicted molar refractivity (Wildman–Crippen MR) is 77.6 cm³/mol. The summed E-state index contributed by atoms with van der Waals surface area (Å²) in [6, 6.07) is 4.61. The average molecular weight is 292 g/mol. The monoisotopic (exact) mass is 292 g/mol. The largest absolute Gasteiger partial charge is 0.493 e. The molecule has 0 amide bonds. The van der Waals surface area contributed by atoms with E-state index in [-0.39, 0.29) is 23.2 Å². The van der Waals surface area contributed by atoms with E-state index in [1.165, 1.54) is 32.1 Å². The van der Waals surface area contributed by atoms with Crippen molar-refractivity contribution in [3.63, 3.8) is 0 Å². The highest BCUT2D eigenvalue weighted by Gasteiger charge is 2.56. The maximum atomic E-state index is 10.9. The van der Waals surface area contributed by atoms with Crippen molar-refractivity contribution in [3.05, 3.63) is 28.3 Å². The first kappa shape index (κ1) is 14.1. The van der Waals surface area contributed by atoms with Crippen LogP contribution in [0.5, 0.6) is 11.5 Å². The fourth-order valence-electron chi connectivity index (χ4n) is 3.69. The van der Waals surface area contributed by atoms with Crippen LogP contribution in [0.4, 0.5) is 5.69 Å². The van der Waals surface area contributed by atoms with Crippen molar-refractivity contribution in [2.45, 2.75) is 44.2 Å². The van der Waals surface area contributed by atoms with Crippen molar-refractivity contribution in [3.8, 4) is 11.5 Å². The minimum absolute atomic E-state index is 0.00916. The van der Waals surface area contributed by atoms with E-state index in [0.717, 1.165) is 19.3 Å². The van der Waals surface area contributed by atoms with Gasteiger partial charge < -0.3 is 15.2 Å². The van der Waals surface area contributed by atoms with E-state index in [1.54, 1.807) is 6.07 Å². The van der Waals surface area contributed by atoms with E-state index in [1.807, 2.05) is 0 Å². The molecule has 0 bridgehead atoms. The number of rotatable bonds is 4. The van der Waals surface area contributed by atoms with Gasteiger partial charge in [-0.3, -0.25) is 10.1 Å². The van der Waals surface area contributed by atoms with Crippen LogP contribution in [0.15, 0.2) is 18.2 Å². The SMILES string of the molecule is COc1ccc([N+](=O)[O-])cc1OC1CC(N)C12CCCC2. The summed E-state index contributed by atoms with van der Waals surface area (Å²) in [7, 11) is 1.53. The highest BCUT2D eigenvalue weighted by Crippen LogP contribution is 2.54. The Morgan fingerprint density at radius 1 is 1.33 bits per heavy atom. The average Bonchev–Trinajstić information content (AvgIpc) is 2.99. The van der Waals surface area contributed by atoms with Crippen molar-refractivity contribution in [2.75, 3.05) is 7.11 Å². The Bertz CT molecular complexity index is 555. The molecular weight excluding hydrogens is 272 g/mol. The third kappa shape index (κ3) is 2.23. The standard InChI is InChI=1S/C15H20N2O4/c1-20-11-5-4-10(17(18)19)8-12(11)21-14-9-13(16)15(14)6-2-3-7-15/h4-5,8,13-14H,2-3,6-7,9,16H2,1H3. The van der Waals surface area contributed by atoms with Gasteiger partial charge in [-0.2, -0.15) is 0 Å². The lowest BCUT2D eigenvalue weighted by atomic mass is 9.61. The van der Waals surface area contributed by atoms with Crippen molar-refractivity contribution < 1.29 is 14.4 Å². The number of non-ortho nitro benzene ring substituents is 1. The lowest BCUT2D eigenvalue weighted by Gasteiger charge is -2.52. The van der Waals surface area contributed by atoms with Gasteiger partial charge in [-0.1, -0.05) is 12.8 Å². The quantitative estimate of drug-likeness (QED) is 0.681.